The van der Waals surface area contributed by atoms with Crippen molar-refractivity contribution in [2.45, 2.75) is 50.4 Å². The van der Waals surface area contributed by atoms with Gasteiger partial charge in [0.2, 0.25) is 5.88 Å². The normalized spacial score (nSPS) is 20.6. The molecule has 2 saturated carbocycles. The number of nitrogens with one attached hydrogen (secondary N) is 3. The van der Waals surface area contributed by atoms with Crippen LogP contribution >= 0.6 is 0 Å². The zero-order chi connectivity index (χ0) is 21.4. The van der Waals surface area contributed by atoms with E-state index < -0.39 is 6.10 Å². The number of pyridine rings is 1. The fourth-order valence-corrected chi connectivity index (χ4v) is 3.78. The number of aromatic nitrogens is 4. The number of aliphatic hydroxyl groups is 1. The van der Waals surface area contributed by atoms with E-state index in [4.69, 9.17) is 4.74 Å². The molecule has 2 aliphatic carbocycles. The Kier molecular flexibility index (Phi) is 5.06. The Morgan fingerprint density at radius 2 is 2.16 bits per heavy atom. The number of amides is 1. The van der Waals surface area contributed by atoms with Crippen molar-refractivity contribution in [3.05, 3.63) is 36.2 Å². The molecule has 10 nitrogen and oxygen atoms in total. The molecule has 0 radical (unpaired) electrons. The molecular formula is C21H25N7O3. The maximum Gasteiger partial charge on any atom is 0.257 e. The number of hydrogen-bond acceptors (Lipinski definition) is 8. The number of ether oxygens (including phenoxy) is 1. The van der Waals surface area contributed by atoms with Gasteiger partial charge in [0.15, 0.2) is 5.65 Å². The number of carbonyl (C=O) groups is 1. The lowest BCUT2D eigenvalue weighted by Gasteiger charge is -2.16. The summed E-state index contributed by atoms with van der Waals surface area (Å²) in [5.41, 5.74) is 1.46. The van der Waals surface area contributed by atoms with E-state index >= 15 is 0 Å². The number of anilines is 3. The van der Waals surface area contributed by atoms with Crippen LogP contribution in [0.2, 0.25) is 0 Å². The van der Waals surface area contributed by atoms with Crippen LogP contribution in [0.1, 0.15) is 42.5 Å². The molecule has 31 heavy (non-hydrogen) atoms. The van der Waals surface area contributed by atoms with Gasteiger partial charge in [-0.3, -0.25) is 4.79 Å². The van der Waals surface area contributed by atoms with Gasteiger partial charge in [-0.05, 0) is 44.2 Å². The molecule has 10 heteroatoms. The zero-order valence-electron chi connectivity index (χ0n) is 17.2. The van der Waals surface area contributed by atoms with Crippen molar-refractivity contribution in [2.24, 2.45) is 0 Å². The highest BCUT2D eigenvalue weighted by atomic mass is 16.5. The van der Waals surface area contributed by atoms with Gasteiger partial charge in [0.05, 0.1) is 18.3 Å². The smallest absolute Gasteiger partial charge is 0.257 e. The number of aliphatic hydroxyl groups excluding tert-OH is 1. The number of rotatable bonds is 7. The van der Waals surface area contributed by atoms with Crippen molar-refractivity contribution in [1.29, 1.82) is 0 Å². The van der Waals surface area contributed by atoms with E-state index in [1.54, 1.807) is 23.8 Å². The van der Waals surface area contributed by atoms with Gasteiger partial charge in [0, 0.05) is 19.3 Å². The van der Waals surface area contributed by atoms with E-state index in [9.17, 15) is 9.90 Å². The molecule has 0 spiro atoms. The fraction of sp³-hybridized carbons (Fsp3) is 0.429. The van der Waals surface area contributed by atoms with E-state index in [1.807, 2.05) is 12.1 Å². The number of carbonyl (C=O) groups excluding carboxylic acids is 1. The van der Waals surface area contributed by atoms with Crippen molar-refractivity contribution in [1.82, 2.24) is 24.9 Å². The fourth-order valence-electron chi connectivity index (χ4n) is 3.78. The van der Waals surface area contributed by atoms with E-state index in [0.29, 0.717) is 40.8 Å². The Morgan fingerprint density at radius 3 is 2.90 bits per heavy atom. The maximum absolute atomic E-state index is 12.9. The third-order valence-electron chi connectivity index (χ3n) is 5.61. The Hall–Kier alpha value is -3.40. The second-order valence-corrected chi connectivity index (χ2v) is 7.95. The molecule has 2 aliphatic rings. The Balaban J connectivity index is 1.46. The molecule has 2 fully saturated rings. The second kappa shape index (κ2) is 8.03. The van der Waals surface area contributed by atoms with Gasteiger partial charge < -0.3 is 25.8 Å². The van der Waals surface area contributed by atoms with Crippen molar-refractivity contribution >= 4 is 28.9 Å². The molecule has 0 saturated heterocycles. The zero-order valence-corrected chi connectivity index (χ0v) is 17.2. The first-order chi connectivity index (χ1) is 15.1. The highest BCUT2D eigenvalue weighted by Crippen LogP contribution is 2.32. The molecular weight excluding hydrogens is 398 g/mol. The van der Waals surface area contributed by atoms with Gasteiger partial charge in [-0.1, -0.05) is 0 Å². The summed E-state index contributed by atoms with van der Waals surface area (Å²) in [7, 11) is 1.78. The van der Waals surface area contributed by atoms with Crippen molar-refractivity contribution in [3.8, 4) is 5.88 Å². The maximum atomic E-state index is 12.9. The summed E-state index contributed by atoms with van der Waals surface area (Å²) in [6.07, 6.45) is 7.32. The van der Waals surface area contributed by atoms with Crippen molar-refractivity contribution in [2.75, 3.05) is 17.7 Å². The van der Waals surface area contributed by atoms with E-state index in [1.165, 1.54) is 6.20 Å². The van der Waals surface area contributed by atoms with Crippen LogP contribution in [0.5, 0.6) is 5.88 Å². The van der Waals surface area contributed by atoms with Gasteiger partial charge in [0.25, 0.3) is 5.91 Å². The first-order valence-electron chi connectivity index (χ1n) is 10.6. The quantitative estimate of drug-likeness (QED) is 0.455. The van der Waals surface area contributed by atoms with Gasteiger partial charge in [-0.25, -0.2) is 9.97 Å². The highest BCUT2D eigenvalue weighted by Gasteiger charge is 2.28. The lowest BCUT2D eigenvalue weighted by Crippen LogP contribution is -2.39. The molecule has 0 bridgehead atoms. The number of hydrogen-bond donors (Lipinski definition) is 4. The minimum atomic E-state index is -0.515. The second-order valence-electron chi connectivity index (χ2n) is 7.95. The first-order valence-corrected chi connectivity index (χ1v) is 10.6. The van der Waals surface area contributed by atoms with Crippen LogP contribution in [-0.2, 0) is 0 Å². The molecule has 3 aromatic rings. The third kappa shape index (κ3) is 3.98. The predicted molar refractivity (Wildman–Crippen MR) is 115 cm³/mol. The van der Waals surface area contributed by atoms with Gasteiger partial charge in [-0.2, -0.15) is 9.61 Å². The molecule has 4 N–H and O–H groups in total. The molecule has 0 aliphatic heterocycles. The topological polar surface area (TPSA) is 126 Å². The van der Waals surface area contributed by atoms with Crippen LogP contribution in [0.4, 0.5) is 17.3 Å². The Morgan fingerprint density at radius 1 is 1.29 bits per heavy atom. The summed E-state index contributed by atoms with van der Waals surface area (Å²) in [4.78, 5) is 21.8. The van der Waals surface area contributed by atoms with E-state index in [2.05, 4.69) is 31.0 Å². The van der Waals surface area contributed by atoms with Crippen LogP contribution in [0.15, 0.2) is 30.6 Å². The Labute approximate surface area is 179 Å². The molecule has 3 aromatic heterocycles. The highest BCUT2D eigenvalue weighted by molar-refractivity contribution is 6.00. The summed E-state index contributed by atoms with van der Waals surface area (Å²) < 4.78 is 7.46. The SMILES string of the molecule is CNc1cc(Nc2cccnc2OC2CC2)nc2c(C(=O)N[C@@H]3CCCC3O)cnn12. The largest absolute Gasteiger partial charge is 0.473 e. The van der Waals surface area contributed by atoms with Gasteiger partial charge >= 0.3 is 0 Å². The minimum Gasteiger partial charge on any atom is -0.473 e. The third-order valence-corrected chi connectivity index (χ3v) is 5.61. The molecule has 0 aromatic carbocycles. The lowest BCUT2D eigenvalue weighted by atomic mass is 10.2. The van der Waals surface area contributed by atoms with Crippen molar-refractivity contribution in [3.63, 3.8) is 0 Å². The van der Waals surface area contributed by atoms with Gasteiger partial charge in [-0.15, -0.1) is 0 Å². The Bertz CT molecular complexity index is 1110. The number of fused-ring (bicyclic) bond motifs is 1. The van der Waals surface area contributed by atoms with Crippen LogP contribution in [-0.4, -0.2) is 55.9 Å². The summed E-state index contributed by atoms with van der Waals surface area (Å²) in [5.74, 6) is 1.42. The average Bonchev–Trinajstić information content (AvgIpc) is 3.34. The monoisotopic (exact) mass is 423 g/mol. The van der Waals surface area contributed by atoms with Crippen LogP contribution < -0.4 is 20.7 Å². The standard InChI is InChI=1S/C21H25N7O3/c1-22-18-10-17(25-15-5-3-9-23-21(15)31-12-7-8-12)27-19-13(11-24-28(18)19)20(30)26-14-4-2-6-16(14)29/h3,5,9-12,14,16,22,29H,2,4,6-8H2,1H3,(H,25,27)(H,26,30)/t14-,16?/m1/s1. The first kappa shape index (κ1) is 19.6. The van der Waals surface area contributed by atoms with E-state index in [0.717, 1.165) is 25.7 Å². The van der Waals surface area contributed by atoms with Gasteiger partial charge in [0.1, 0.15) is 29.0 Å². The molecule has 2 atom stereocenters. The summed E-state index contributed by atoms with van der Waals surface area (Å²) >= 11 is 0. The molecule has 5 rings (SSSR count). The average molecular weight is 423 g/mol. The summed E-state index contributed by atoms with van der Waals surface area (Å²) in [6.45, 7) is 0. The molecule has 1 amide bonds. The van der Waals surface area contributed by atoms with Crippen molar-refractivity contribution < 1.29 is 14.6 Å². The van der Waals surface area contributed by atoms with E-state index in [-0.39, 0.29) is 18.1 Å². The molecule has 3 heterocycles. The van der Waals surface area contributed by atoms with Crippen LogP contribution in [0.25, 0.3) is 5.65 Å². The predicted octanol–water partition coefficient (Wildman–Crippen LogP) is 2.09. The molecule has 1 unspecified atom stereocenters. The summed E-state index contributed by atoms with van der Waals surface area (Å²) in [6, 6.07) is 5.26. The van der Waals surface area contributed by atoms with Crippen LogP contribution in [0, 0.1) is 0 Å². The minimum absolute atomic E-state index is 0.217. The van der Waals surface area contributed by atoms with Crippen LogP contribution in [0.3, 0.4) is 0 Å². The number of nitrogens with zero attached hydrogens (tertiary/aromatic N) is 4. The summed E-state index contributed by atoms with van der Waals surface area (Å²) in [5, 5.41) is 23.6. The lowest BCUT2D eigenvalue weighted by molar-refractivity contribution is 0.0874. The molecule has 162 valence electrons.